The molecule has 0 spiro atoms. The van der Waals surface area contributed by atoms with Crippen LogP contribution in [0.1, 0.15) is 251 Å². The van der Waals surface area contributed by atoms with Crippen molar-refractivity contribution in [3.63, 3.8) is 0 Å². The normalized spacial score (nSPS) is 13.1. The second kappa shape index (κ2) is 48.5. The maximum absolute atomic E-state index is 12.4. The lowest BCUT2D eigenvalue weighted by atomic mass is 10.0. The largest absolute Gasteiger partial charge is 0.466 e. The molecule has 0 aromatic heterocycles. The van der Waals surface area contributed by atoms with Gasteiger partial charge < -0.3 is 20.3 Å². The minimum absolute atomic E-state index is 0.0527. The van der Waals surface area contributed by atoms with E-state index in [1.54, 1.807) is 6.08 Å². The summed E-state index contributed by atoms with van der Waals surface area (Å²) in [4.78, 5) is 24.4. The van der Waals surface area contributed by atoms with Crippen LogP contribution in [0.2, 0.25) is 0 Å². The molecule has 0 aromatic rings. The topological polar surface area (TPSA) is 95.9 Å². The molecule has 0 aliphatic rings. The summed E-state index contributed by atoms with van der Waals surface area (Å²) in [5.41, 5.74) is 0. The van der Waals surface area contributed by atoms with Crippen LogP contribution in [-0.4, -0.2) is 47.4 Å². The standard InChI is InChI=1S/C53H97NO5/c1-3-5-7-9-11-13-15-17-19-20-21-23-24-26-29-33-37-41-45-51(56)50(49-55)54-52(57)46-42-38-34-30-28-32-36-40-44-48-59-53(58)47-43-39-35-31-27-25-22-18-16-14-12-10-8-6-4-2/h12,14,18,22,30,34,41,45,50-51,55-56H,3-11,13,15-17,19-21,23-29,31-33,35-40,42-44,46-49H2,1-2H3,(H,54,57)/b14-12-,22-18-,34-30-,45-41+. The zero-order valence-corrected chi connectivity index (χ0v) is 39.0. The fourth-order valence-corrected chi connectivity index (χ4v) is 7.37. The smallest absolute Gasteiger partial charge is 0.305 e. The molecule has 3 N–H and O–H groups in total. The number of ether oxygens (including phenoxy) is 1. The van der Waals surface area contributed by atoms with Crippen LogP contribution in [0, 0.1) is 0 Å². The van der Waals surface area contributed by atoms with Crippen molar-refractivity contribution in [1.82, 2.24) is 5.32 Å². The molecule has 0 saturated heterocycles. The maximum Gasteiger partial charge on any atom is 0.305 e. The van der Waals surface area contributed by atoms with Crippen LogP contribution in [0.15, 0.2) is 48.6 Å². The Morgan fingerprint density at radius 1 is 0.475 bits per heavy atom. The van der Waals surface area contributed by atoms with E-state index in [1.807, 2.05) is 6.08 Å². The van der Waals surface area contributed by atoms with Crippen LogP contribution in [0.25, 0.3) is 0 Å². The van der Waals surface area contributed by atoms with E-state index in [0.717, 1.165) is 83.5 Å². The van der Waals surface area contributed by atoms with Crippen molar-refractivity contribution >= 4 is 11.9 Å². The first kappa shape index (κ1) is 56.8. The van der Waals surface area contributed by atoms with Gasteiger partial charge in [0.15, 0.2) is 0 Å². The third-order valence-corrected chi connectivity index (χ3v) is 11.3. The van der Waals surface area contributed by atoms with Crippen molar-refractivity contribution in [1.29, 1.82) is 0 Å². The second-order valence-electron chi connectivity index (χ2n) is 17.1. The molecule has 2 unspecified atom stereocenters. The van der Waals surface area contributed by atoms with Gasteiger partial charge in [-0.25, -0.2) is 0 Å². The van der Waals surface area contributed by atoms with Gasteiger partial charge in [0, 0.05) is 12.8 Å². The van der Waals surface area contributed by atoms with Gasteiger partial charge in [0.25, 0.3) is 0 Å². The van der Waals surface area contributed by atoms with Crippen molar-refractivity contribution in [2.75, 3.05) is 13.2 Å². The van der Waals surface area contributed by atoms with Crippen molar-refractivity contribution in [3.05, 3.63) is 48.6 Å². The van der Waals surface area contributed by atoms with E-state index < -0.39 is 12.1 Å². The van der Waals surface area contributed by atoms with Crippen molar-refractivity contribution < 1.29 is 24.5 Å². The first-order valence-electron chi connectivity index (χ1n) is 25.4. The number of hydrogen-bond acceptors (Lipinski definition) is 5. The first-order valence-corrected chi connectivity index (χ1v) is 25.4. The van der Waals surface area contributed by atoms with Crippen LogP contribution in [-0.2, 0) is 14.3 Å². The van der Waals surface area contributed by atoms with Crippen LogP contribution in [0.5, 0.6) is 0 Å². The van der Waals surface area contributed by atoms with Gasteiger partial charge in [-0.1, -0.05) is 204 Å². The van der Waals surface area contributed by atoms with Gasteiger partial charge in [0.05, 0.1) is 25.4 Å². The average Bonchev–Trinajstić information content (AvgIpc) is 3.24. The van der Waals surface area contributed by atoms with Gasteiger partial charge in [0.1, 0.15) is 0 Å². The lowest BCUT2D eigenvalue weighted by Gasteiger charge is -2.19. The van der Waals surface area contributed by atoms with Crippen LogP contribution in [0.4, 0.5) is 0 Å². The van der Waals surface area contributed by atoms with E-state index in [1.165, 1.54) is 141 Å². The molecule has 59 heavy (non-hydrogen) atoms. The Labute approximate surface area is 366 Å². The number of nitrogens with one attached hydrogen (secondary N) is 1. The molecular weight excluding hydrogens is 731 g/mol. The summed E-state index contributed by atoms with van der Waals surface area (Å²) >= 11 is 0. The number of esters is 1. The molecule has 0 fully saturated rings. The van der Waals surface area contributed by atoms with Crippen LogP contribution in [0.3, 0.4) is 0 Å². The molecule has 0 bridgehead atoms. The molecule has 0 aromatic carbocycles. The van der Waals surface area contributed by atoms with Gasteiger partial charge in [-0.2, -0.15) is 0 Å². The highest BCUT2D eigenvalue weighted by Gasteiger charge is 2.17. The highest BCUT2D eigenvalue weighted by molar-refractivity contribution is 5.76. The van der Waals surface area contributed by atoms with E-state index in [4.69, 9.17) is 4.74 Å². The Bertz CT molecular complexity index is 1000. The SMILES string of the molecule is CCCCC/C=C\C/C=C\CCCCCCCC(=O)OCCCCCC/C=C\CCCC(=O)NC(CO)C(O)/C=C/CCCCCCCCCCCCCCCCCC. The molecule has 0 rings (SSSR count). The highest BCUT2D eigenvalue weighted by atomic mass is 16.5. The van der Waals surface area contributed by atoms with Gasteiger partial charge in [-0.15, -0.1) is 0 Å². The number of carbonyl (C=O) groups excluding carboxylic acids is 2. The number of rotatable bonds is 46. The number of aliphatic hydroxyl groups excluding tert-OH is 2. The van der Waals surface area contributed by atoms with E-state index in [9.17, 15) is 19.8 Å². The molecule has 344 valence electrons. The van der Waals surface area contributed by atoms with Gasteiger partial charge in [-0.05, 0) is 83.5 Å². The monoisotopic (exact) mass is 828 g/mol. The Hall–Kier alpha value is -2.18. The fourth-order valence-electron chi connectivity index (χ4n) is 7.37. The Balaban J connectivity index is 3.61. The molecule has 1 amide bonds. The third kappa shape index (κ3) is 45.2. The molecule has 2 atom stereocenters. The zero-order valence-electron chi connectivity index (χ0n) is 39.0. The van der Waals surface area contributed by atoms with Crippen LogP contribution >= 0.6 is 0 Å². The second-order valence-corrected chi connectivity index (χ2v) is 17.1. The summed E-state index contributed by atoms with van der Waals surface area (Å²) in [5, 5.41) is 23.0. The number of amides is 1. The van der Waals surface area contributed by atoms with Gasteiger partial charge in [0.2, 0.25) is 5.91 Å². The summed E-state index contributed by atoms with van der Waals surface area (Å²) in [5.74, 6) is -0.183. The minimum Gasteiger partial charge on any atom is -0.466 e. The molecule has 6 nitrogen and oxygen atoms in total. The van der Waals surface area contributed by atoms with E-state index in [2.05, 4.69) is 55.6 Å². The summed E-state index contributed by atoms with van der Waals surface area (Å²) in [6.45, 7) is 4.77. The molecule has 0 aliphatic carbocycles. The number of allylic oxidation sites excluding steroid dienone is 7. The summed E-state index contributed by atoms with van der Waals surface area (Å²) in [6, 6.07) is -0.667. The number of carbonyl (C=O) groups is 2. The number of unbranched alkanes of at least 4 members (excludes halogenated alkanes) is 29. The maximum atomic E-state index is 12.4. The summed E-state index contributed by atoms with van der Waals surface area (Å²) < 4.78 is 5.43. The third-order valence-electron chi connectivity index (χ3n) is 11.3. The highest BCUT2D eigenvalue weighted by Crippen LogP contribution is 2.15. The summed E-state index contributed by atoms with van der Waals surface area (Å²) in [6.07, 6.45) is 59.7. The van der Waals surface area contributed by atoms with Crippen molar-refractivity contribution in [3.8, 4) is 0 Å². The minimum atomic E-state index is -0.877. The van der Waals surface area contributed by atoms with Gasteiger partial charge >= 0.3 is 5.97 Å². The molecule has 0 heterocycles. The molecule has 0 radical (unpaired) electrons. The fraction of sp³-hybridized carbons (Fsp3) is 0.811. The van der Waals surface area contributed by atoms with E-state index >= 15 is 0 Å². The number of aliphatic hydroxyl groups is 2. The van der Waals surface area contributed by atoms with E-state index in [0.29, 0.717) is 19.4 Å². The molecule has 6 heteroatoms. The van der Waals surface area contributed by atoms with Crippen LogP contribution < -0.4 is 5.32 Å². The molecular formula is C53H97NO5. The van der Waals surface area contributed by atoms with Crippen molar-refractivity contribution in [2.45, 2.75) is 264 Å². The Morgan fingerprint density at radius 3 is 1.37 bits per heavy atom. The lowest BCUT2D eigenvalue weighted by molar-refractivity contribution is -0.143. The van der Waals surface area contributed by atoms with Gasteiger partial charge in [-0.3, -0.25) is 9.59 Å². The van der Waals surface area contributed by atoms with Crippen molar-refractivity contribution in [2.24, 2.45) is 0 Å². The quantitative estimate of drug-likeness (QED) is 0.0323. The lowest BCUT2D eigenvalue weighted by Crippen LogP contribution is -2.45. The van der Waals surface area contributed by atoms with E-state index in [-0.39, 0.29) is 18.5 Å². The average molecular weight is 828 g/mol. The summed E-state index contributed by atoms with van der Waals surface area (Å²) in [7, 11) is 0. The number of hydrogen-bond donors (Lipinski definition) is 3. The molecule has 0 saturated carbocycles. The predicted octanol–water partition coefficient (Wildman–Crippen LogP) is 15.1. The Kier molecular flexibility index (Phi) is 46.7. The predicted molar refractivity (Wildman–Crippen MR) is 255 cm³/mol. The zero-order chi connectivity index (χ0) is 43.0. The molecule has 0 aliphatic heterocycles. The Morgan fingerprint density at radius 2 is 0.864 bits per heavy atom. The first-order chi connectivity index (χ1) is 29.0.